The van der Waals surface area contributed by atoms with Crippen LogP contribution >= 0.6 is 0 Å². The Hall–Kier alpha value is -1.07. The fourth-order valence-electron chi connectivity index (χ4n) is 1.45. The average Bonchev–Trinajstić information content (AvgIpc) is 2.67. The molecule has 1 fully saturated rings. The minimum Gasteiger partial charge on any atom is -0.390 e. The summed E-state index contributed by atoms with van der Waals surface area (Å²) in [4.78, 5) is 3.99. The SMILES string of the molecule is OCc1cncn1N1CCOCC1. The number of ether oxygens (including phenoxy) is 1. The van der Waals surface area contributed by atoms with Crippen LogP contribution in [0.1, 0.15) is 5.69 Å². The van der Waals surface area contributed by atoms with Crippen LogP contribution in [-0.4, -0.2) is 41.1 Å². The molecule has 0 unspecified atom stereocenters. The van der Waals surface area contributed by atoms with Gasteiger partial charge in [-0.1, -0.05) is 0 Å². The highest BCUT2D eigenvalue weighted by atomic mass is 16.5. The van der Waals surface area contributed by atoms with Gasteiger partial charge in [-0.25, -0.2) is 9.66 Å². The van der Waals surface area contributed by atoms with E-state index in [1.54, 1.807) is 12.5 Å². The van der Waals surface area contributed by atoms with Gasteiger partial charge in [0.25, 0.3) is 0 Å². The maximum absolute atomic E-state index is 9.02. The summed E-state index contributed by atoms with van der Waals surface area (Å²) in [6.07, 6.45) is 3.40. The number of morpholine rings is 1. The lowest BCUT2D eigenvalue weighted by molar-refractivity contribution is 0.110. The summed E-state index contributed by atoms with van der Waals surface area (Å²) >= 11 is 0. The van der Waals surface area contributed by atoms with E-state index >= 15 is 0 Å². The van der Waals surface area contributed by atoms with Crippen molar-refractivity contribution in [1.29, 1.82) is 0 Å². The molecule has 0 saturated carbocycles. The van der Waals surface area contributed by atoms with Crippen LogP contribution in [0.2, 0.25) is 0 Å². The third-order valence-electron chi connectivity index (χ3n) is 2.15. The maximum Gasteiger partial charge on any atom is 0.115 e. The third-order valence-corrected chi connectivity index (χ3v) is 2.15. The summed E-state index contributed by atoms with van der Waals surface area (Å²) in [6, 6.07) is 0. The van der Waals surface area contributed by atoms with Gasteiger partial charge in [0.05, 0.1) is 44.8 Å². The molecule has 0 amide bonds. The van der Waals surface area contributed by atoms with E-state index in [2.05, 4.69) is 9.99 Å². The molecule has 1 aliphatic heterocycles. The first-order valence-corrected chi connectivity index (χ1v) is 4.37. The van der Waals surface area contributed by atoms with Crippen molar-refractivity contribution in [1.82, 2.24) is 9.66 Å². The first-order chi connectivity index (χ1) is 6.42. The lowest BCUT2D eigenvalue weighted by Crippen LogP contribution is -2.44. The van der Waals surface area contributed by atoms with Crippen LogP contribution in [0.3, 0.4) is 0 Å². The van der Waals surface area contributed by atoms with Crippen LogP contribution in [0.25, 0.3) is 0 Å². The van der Waals surface area contributed by atoms with Gasteiger partial charge in [-0.15, -0.1) is 0 Å². The van der Waals surface area contributed by atoms with Crippen molar-refractivity contribution >= 4 is 0 Å². The molecular formula is C8H13N3O2. The largest absolute Gasteiger partial charge is 0.390 e. The molecule has 1 saturated heterocycles. The van der Waals surface area contributed by atoms with Crippen LogP contribution in [0.15, 0.2) is 12.5 Å². The standard InChI is InChI=1S/C8H13N3O2/c12-6-8-5-9-7-11(8)10-1-3-13-4-2-10/h5,7,12H,1-4,6H2. The van der Waals surface area contributed by atoms with E-state index in [1.807, 2.05) is 4.68 Å². The van der Waals surface area contributed by atoms with Crippen molar-refractivity contribution < 1.29 is 9.84 Å². The molecule has 1 N–H and O–H groups in total. The van der Waals surface area contributed by atoms with Gasteiger partial charge in [0.2, 0.25) is 0 Å². The Kier molecular flexibility index (Phi) is 2.47. The maximum atomic E-state index is 9.02. The Bertz CT molecular complexity index is 268. The van der Waals surface area contributed by atoms with Crippen LogP contribution in [0, 0.1) is 0 Å². The second kappa shape index (κ2) is 3.76. The summed E-state index contributed by atoms with van der Waals surface area (Å²) in [5.74, 6) is 0. The Labute approximate surface area is 76.5 Å². The molecule has 0 atom stereocenters. The number of aromatic nitrogens is 2. The summed E-state index contributed by atoms with van der Waals surface area (Å²) in [7, 11) is 0. The molecule has 0 spiro atoms. The lowest BCUT2D eigenvalue weighted by Gasteiger charge is -2.30. The number of hydrogen-bond donors (Lipinski definition) is 1. The molecule has 2 rings (SSSR count). The van der Waals surface area contributed by atoms with Crippen LogP contribution < -0.4 is 5.01 Å². The first kappa shape index (κ1) is 8.52. The van der Waals surface area contributed by atoms with Crippen molar-refractivity contribution in [3.05, 3.63) is 18.2 Å². The Balaban J connectivity index is 2.13. The third kappa shape index (κ3) is 1.66. The first-order valence-electron chi connectivity index (χ1n) is 4.37. The molecule has 2 heterocycles. The molecule has 0 aromatic carbocycles. The molecule has 0 aliphatic carbocycles. The van der Waals surface area contributed by atoms with Gasteiger partial charge in [-0.3, -0.25) is 0 Å². The topological polar surface area (TPSA) is 50.5 Å². The van der Waals surface area contributed by atoms with Crippen LogP contribution in [-0.2, 0) is 11.3 Å². The molecule has 5 nitrogen and oxygen atoms in total. The highest BCUT2D eigenvalue weighted by molar-refractivity contribution is 5.02. The lowest BCUT2D eigenvalue weighted by atomic mass is 10.5. The Morgan fingerprint density at radius 1 is 1.46 bits per heavy atom. The average molecular weight is 183 g/mol. The second-order valence-electron chi connectivity index (χ2n) is 2.95. The van der Waals surface area contributed by atoms with E-state index in [0.717, 1.165) is 32.0 Å². The number of imidazole rings is 1. The van der Waals surface area contributed by atoms with E-state index < -0.39 is 0 Å². The normalized spacial score (nSPS) is 17.8. The summed E-state index contributed by atoms with van der Waals surface area (Å²) in [5, 5.41) is 11.1. The zero-order valence-corrected chi connectivity index (χ0v) is 7.39. The number of nitrogens with zero attached hydrogens (tertiary/aromatic N) is 3. The van der Waals surface area contributed by atoms with Gasteiger partial charge in [-0.2, -0.15) is 0 Å². The molecule has 72 valence electrons. The monoisotopic (exact) mass is 183 g/mol. The van der Waals surface area contributed by atoms with Gasteiger partial charge in [-0.05, 0) is 0 Å². The van der Waals surface area contributed by atoms with Crippen molar-refractivity contribution in [2.75, 3.05) is 31.3 Å². The van der Waals surface area contributed by atoms with Crippen molar-refractivity contribution in [3.63, 3.8) is 0 Å². The van der Waals surface area contributed by atoms with Crippen molar-refractivity contribution in [2.24, 2.45) is 0 Å². The molecular weight excluding hydrogens is 170 g/mol. The molecule has 1 aromatic heterocycles. The number of rotatable bonds is 2. The molecule has 0 bridgehead atoms. The second-order valence-corrected chi connectivity index (χ2v) is 2.95. The molecule has 0 radical (unpaired) electrons. The Morgan fingerprint density at radius 2 is 2.23 bits per heavy atom. The van der Waals surface area contributed by atoms with Gasteiger partial charge in [0.15, 0.2) is 0 Å². The minimum absolute atomic E-state index is 0.0252. The van der Waals surface area contributed by atoms with E-state index in [1.165, 1.54) is 0 Å². The van der Waals surface area contributed by atoms with E-state index in [4.69, 9.17) is 9.84 Å². The smallest absolute Gasteiger partial charge is 0.115 e. The number of aliphatic hydroxyl groups excluding tert-OH is 1. The van der Waals surface area contributed by atoms with Gasteiger partial charge < -0.3 is 14.9 Å². The molecule has 1 aromatic rings. The van der Waals surface area contributed by atoms with E-state index in [0.29, 0.717) is 0 Å². The van der Waals surface area contributed by atoms with E-state index in [9.17, 15) is 0 Å². The fraction of sp³-hybridized carbons (Fsp3) is 0.625. The predicted octanol–water partition coefficient (Wildman–Crippen LogP) is -0.656. The zero-order chi connectivity index (χ0) is 9.10. The molecule has 5 heteroatoms. The number of aliphatic hydroxyl groups is 1. The summed E-state index contributed by atoms with van der Waals surface area (Å²) in [6.45, 7) is 3.20. The highest BCUT2D eigenvalue weighted by Gasteiger charge is 2.12. The fourth-order valence-corrected chi connectivity index (χ4v) is 1.45. The minimum atomic E-state index is 0.0252. The summed E-state index contributed by atoms with van der Waals surface area (Å²) in [5.41, 5.74) is 0.821. The predicted molar refractivity (Wildman–Crippen MR) is 46.9 cm³/mol. The van der Waals surface area contributed by atoms with Gasteiger partial charge in [0.1, 0.15) is 6.33 Å². The summed E-state index contributed by atoms with van der Waals surface area (Å²) < 4.78 is 7.12. The van der Waals surface area contributed by atoms with Gasteiger partial charge >= 0.3 is 0 Å². The van der Waals surface area contributed by atoms with E-state index in [-0.39, 0.29) is 6.61 Å². The van der Waals surface area contributed by atoms with Crippen molar-refractivity contribution in [3.8, 4) is 0 Å². The number of hydrogen-bond acceptors (Lipinski definition) is 4. The molecule has 13 heavy (non-hydrogen) atoms. The Morgan fingerprint density at radius 3 is 2.92 bits per heavy atom. The van der Waals surface area contributed by atoms with Gasteiger partial charge in [0, 0.05) is 0 Å². The van der Waals surface area contributed by atoms with Crippen LogP contribution in [0.5, 0.6) is 0 Å². The van der Waals surface area contributed by atoms with Crippen molar-refractivity contribution in [2.45, 2.75) is 6.61 Å². The highest BCUT2D eigenvalue weighted by Crippen LogP contribution is 2.03. The zero-order valence-electron chi connectivity index (χ0n) is 7.39. The quantitative estimate of drug-likeness (QED) is 0.661. The molecule has 1 aliphatic rings. The van der Waals surface area contributed by atoms with Crippen LogP contribution in [0.4, 0.5) is 0 Å².